The maximum Gasteiger partial charge on any atom is 0.236 e. The number of primary amides is 1. The number of benzene rings is 2. The fourth-order valence-electron chi connectivity index (χ4n) is 2.34. The Labute approximate surface area is 176 Å². The molecule has 0 radical (unpaired) electrons. The molecule has 0 spiro atoms. The molecule has 2 rings (SSSR count). The van der Waals surface area contributed by atoms with Crippen LogP contribution in [0.15, 0.2) is 30.3 Å². The number of carbonyl (C=O) groups excluding carboxylic acids is 1. The molecule has 1 amide bonds. The summed E-state index contributed by atoms with van der Waals surface area (Å²) >= 11 is 0. The number of hydrogen-bond donors (Lipinski definition) is 4. The van der Waals surface area contributed by atoms with Gasteiger partial charge in [0.2, 0.25) is 11.7 Å². The smallest absolute Gasteiger partial charge is 0.236 e. The van der Waals surface area contributed by atoms with Gasteiger partial charge in [-0.05, 0) is 35.4 Å². The van der Waals surface area contributed by atoms with Gasteiger partial charge in [0.1, 0.15) is 11.8 Å². The quantitative estimate of drug-likeness (QED) is 0.369. The molecule has 2 aromatic rings. The van der Waals surface area contributed by atoms with Crippen LogP contribution in [0.25, 0.3) is 12.2 Å². The predicted octanol–water partition coefficient (Wildman–Crippen LogP) is 1.26. The SMILES string of the molecule is COc1ccc(/C=C\c2cc(OC)c(OC)c(OC)c2)cc1N.NC(=O)[C@H](N)CO. The van der Waals surface area contributed by atoms with Crippen LogP contribution in [-0.4, -0.2) is 52.1 Å². The highest BCUT2D eigenvalue weighted by Gasteiger charge is 2.12. The van der Waals surface area contributed by atoms with Crippen molar-refractivity contribution in [1.82, 2.24) is 0 Å². The van der Waals surface area contributed by atoms with Crippen LogP contribution in [0.2, 0.25) is 0 Å². The lowest BCUT2D eigenvalue weighted by Crippen LogP contribution is -2.39. The molecule has 30 heavy (non-hydrogen) atoms. The highest BCUT2D eigenvalue weighted by atomic mass is 16.5. The Kier molecular flexibility index (Phi) is 10.0. The second-order valence-corrected chi connectivity index (χ2v) is 5.98. The predicted molar refractivity (Wildman–Crippen MR) is 117 cm³/mol. The Morgan fingerprint density at radius 1 is 0.933 bits per heavy atom. The normalized spacial score (nSPS) is 11.3. The summed E-state index contributed by atoms with van der Waals surface area (Å²) < 4.78 is 21.2. The van der Waals surface area contributed by atoms with Crippen LogP contribution >= 0.6 is 0 Å². The lowest BCUT2D eigenvalue weighted by Gasteiger charge is -2.12. The number of nitrogens with two attached hydrogens (primary N) is 3. The minimum absolute atomic E-state index is 0.380. The first-order valence-electron chi connectivity index (χ1n) is 8.88. The third-order valence-electron chi connectivity index (χ3n) is 3.97. The summed E-state index contributed by atoms with van der Waals surface area (Å²) in [6.07, 6.45) is 3.90. The fraction of sp³-hybridized carbons (Fsp3) is 0.286. The number of rotatable bonds is 8. The van der Waals surface area contributed by atoms with Crippen molar-refractivity contribution in [2.75, 3.05) is 40.8 Å². The van der Waals surface area contributed by atoms with Crippen LogP contribution < -0.4 is 36.1 Å². The molecule has 0 bridgehead atoms. The molecule has 7 N–H and O–H groups in total. The van der Waals surface area contributed by atoms with Crippen molar-refractivity contribution >= 4 is 23.7 Å². The number of amides is 1. The molecule has 0 saturated carbocycles. The standard InChI is InChI=1S/C18H21NO4.C3H8N2O2/c1-20-15-8-7-12(9-14(15)19)5-6-13-10-16(21-2)18(23-4)17(11-13)22-3;4-2(1-6)3(5)7/h5-11H,19H2,1-4H3;2,6H,1,4H2,(H2,5,7)/b6-5-;/t;2-/m.1/s1. The van der Waals surface area contributed by atoms with E-state index in [-0.39, 0.29) is 6.61 Å². The molecule has 0 heterocycles. The van der Waals surface area contributed by atoms with E-state index in [1.54, 1.807) is 28.4 Å². The van der Waals surface area contributed by atoms with E-state index in [2.05, 4.69) is 5.73 Å². The Morgan fingerprint density at radius 2 is 1.47 bits per heavy atom. The van der Waals surface area contributed by atoms with Gasteiger partial charge in [0.05, 0.1) is 40.7 Å². The van der Waals surface area contributed by atoms with Crippen molar-refractivity contribution in [2.45, 2.75) is 6.04 Å². The van der Waals surface area contributed by atoms with Gasteiger partial charge in [-0.3, -0.25) is 4.79 Å². The zero-order valence-corrected chi connectivity index (χ0v) is 17.5. The molecule has 2 aromatic carbocycles. The van der Waals surface area contributed by atoms with E-state index in [0.717, 1.165) is 11.1 Å². The molecule has 0 aliphatic carbocycles. The van der Waals surface area contributed by atoms with Gasteiger partial charge in [0, 0.05) is 0 Å². The minimum Gasteiger partial charge on any atom is -0.495 e. The van der Waals surface area contributed by atoms with Crippen LogP contribution in [0.3, 0.4) is 0 Å². The molecule has 0 aromatic heterocycles. The number of methoxy groups -OCH3 is 4. The number of nitrogen functional groups attached to an aromatic ring is 1. The van der Waals surface area contributed by atoms with Gasteiger partial charge in [-0.1, -0.05) is 18.2 Å². The topological polar surface area (TPSA) is 152 Å². The molecule has 1 atom stereocenters. The molecule has 0 aliphatic rings. The lowest BCUT2D eigenvalue weighted by molar-refractivity contribution is -0.120. The Bertz CT molecular complexity index is 845. The first-order chi connectivity index (χ1) is 14.3. The summed E-state index contributed by atoms with van der Waals surface area (Å²) in [6, 6.07) is 8.48. The van der Waals surface area contributed by atoms with E-state index in [4.69, 9.17) is 35.5 Å². The number of ether oxygens (including phenoxy) is 4. The van der Waals surface area contributed by atoms with Crippen LogP contribution in [-0.2, 0) is 4.79 Å². The van der Waals surface area contributed by atoms with Crippen molar-refractivity contribution in [1.29, 1.82) is 0 Å². The van der Waals surface area contributed by atoms with Crippen LogP contribution in [0.1, 0.15) is 11.1 Å². The molecule has 0 aliphatic heterocycles. The maximum absolute atomic E-state index is 9.87. The van der Waals surface area contributed by atoms with Gasteiger partial charge in [-0.2, -0.15) is 0 Å². The summed E-state index contributed by atoms with van der Waals surface area (Å²) in [7, 11) is 6.36. The zero-order chi connectivity index (χ0) is 22.7. The Balaban J connectivity index is 0.000000553. The van der Waals surface area contributed by atoms with Crippen LogP contribution in [0.5, 0.6) is 23.0 Å². The van der Waals surface area contributed by atoms with E-state index >= 15 is 0 Å². The molecule has 0 fully saturated rings. The number of carbonyl (C=O) groups is 1. The molecule has 9 heteroatoms. The molecule has 164 valence electrons. The second-order valence-electron chi connectivity index (χ2n) is 5.98. The first-order valence-corrected chi connectivity index (χ1v) is 8.88. The molecular weight excluding hydrogens is 390 g/mol. The van der Waals surface area contributed by atoms with Gasteiger partial charge >= 0.3 is 0 Å². The van der Waals surface area contributed by atoms with Gasteiger partial charge in [0.15, 0.2) is 11.5 Å². The zero-order valence-electron chi connectivity index (χ0n) is 17.5. The van der Waals surface area contributed by atoms with Crippen molar-refractivity contribution < 1.29 is 28.8 Å². The summed E-state index contributed by atoms with van der Waals surface area (Å²) in [6.45, 7) is -0.380. The highest BCUT2D eigenvalue weighted by Crippen LogP contribution is 2.38. The first kappa shape index (κ1) is 24.6. The highest BCUT2D eigenvalue weighted by molar-refractivity contribution is 5.79. The van der Waals surface area contributed by atoms with E-state index in [9.17, 15) is 4.79 Å². The molecule has 0 saturated heterocycles. The van der Waals surface area contributed by atoms with Crippen molar-refractivity contribution in [3.63, 3.8) is 0 Å². The third-order valence-corrected chi connectivity index (χ3v) is 3.97. The Morgan fingerprint density at radius 3 is 1.83 bits per heavy atom. The summed E-state index contributed by atoms with van der Waals surface area (Å²) in [4.78, 5) is 9.87. The van der Waals surface area contributed by atoms with Crippen molar-refractivity contribution in [3.05, 3.63) is 41.5 Å². The third kappa shape index (κ3) is 6.87. The average molecular weight is 419 g/mol. The number of anilines is 1. The lowest BCUT2D eigenvalue weighted by atomic mass is 10.1. The fourth-order valence-corrected chi connectivity index (χ4v) is 2.34. The number of aliphatic hydroxyl groups is 1. The van der Waals surface area contributed by atoms with Gasteiger partial charge in [-0.15, -0.1) is 0 Å². The van der Waals surface area contributed by atoms with Gasteiger partial charge < -0.3 is 41.3 Å². The van der Waals surface area contributed by atoms with Crippen molar-refractivity contribution in [3.8, 4) is 23.0 Å². The molecule has 0 unspecified atom stereocenters. The van der Waals surface area contributed by atoms with Gasteiger partial charge in [0.25, 0.3) is 0 Å². The summed E-state index contributed by atoms with van der Waals surface area (Å²) in [5, 5.41) is 8.08. The molecular formula is C21H29N3O6. The largest absolute Gasteiger partial charge is 0.495 e. The van der Waals surface area contributed by atoms with E-state index < -0.39 is 11.9 Å². The van der Waals surface area contributed by atoms with Crippen molar-refractivity contribution in [2.24, 2.45) is 11.5 Å². The average Bonchev–Trinajstić information content (AvgIpc) is 2.76. The van der Waals surface area contributed by atoms with Crippen LogP contribution in [0.4, 0.5) is 5.69 Å². The van der Waals surface area contributed by atoms with E-state index in [1.165, 1.54) is 0 Å². The molecule has 9 nitrogen and oxygen atoms in total. The van der Waals surface area contributed by atoms with E-state index in [0.29, 0.717) is 28.7 Å². The number of hydrogen-bond acceptors (Lipinski definition) is 8. The maximum atomic E-state index is 9.87. The monoisotopic (exact) mass is 419 g/mol. The van der Waals surface area contributed by atoms with Crippen LogP contribution in [0, 0.1) is 0 Å². The van der Waals surface area contributed by atoms with Gasteiger partial charge in [-0.25, -0.2) is 0 Å². The summed E-state index contributed by atoms with van der Waals surface area (Å²) in [5.74, 6) is 1.78. The Hall–Kier alpha value is -3.43. The summed E-state index contributed by atoms with van der Waals surface area (Å²) in [5.41, 5.74) is 17.9. The second kappa shape index (κ2) is 12.2. The minimum atomic E-state index is -0.903. The van der Waals surface area contributed by atoms with E-state index in [1.807, 2.05) is 42.5 Å². The number of aliphatic hydroxyl groups excluding tert-OH is 1.